The lowest BCUT2D eigenvalue weighted by Gasteiger charge is -2.37. The third-order valence-corrected chi connectivity index (χ3v) is 7.29. The van der Waals surface area contributed by atoms with Gasteiger partial charge in [-0.05, 0) is 75.6 Å². The minimum atomic E-state index is -0.278. The van der Waals surface area contributed by atoms with Crippen molar-refractivity contribution >= 4 is 22.8 Å². The number of hydrogen-bond acceptors (Lipinski definition) is 5. The fourth-order valence-electron chi connectivity index (χ4n) is 5.58. The van der Waals surface area contributed by atoms with Crippen LogP contribution in [-0.4, -0.2) is 65.1 Å². The van der Waals surface area contributed by atoms with E-state index in [-0.39, 0.29) is 30.5 Å². The zero-order valence-electron chi connectivity index (χ0n) is 19.8. The molecule has 0 N–H and O–H groups in total. The minimum absolute atomic E-state index is 0.177. The Hall–Kier alpha value is -2.85. The van der Waals surface area contributed by atoms with E-state index in [4.69, 9.17) is 4.74 Å². The number of nitrogens with zero attached hydrogens (tertiary/aromatic N) is 4. The summed E-state index contributed by atoms with van der Waals surface area (Å²) in [4.78, 5) is 29.5. The van der Waals surface area contributed by atoms with Crippen LogP contribution in [0.3, 0.4) is 0 Å². The van der Waals surface area contributed by atoms with Gasteiger partial charge in [-0.1, -0.05) is 12.5 Å². The lowest BCUT2D eigenvalue weighted by molar-refractivity contribution is -0.146. The number of hydrogen-bond donors (Lipinski definition) is 0. The first-order valence-electron chi connectivity index (χ1n) is 12.2. The largest absolute Gasteiger partial charge is 0.468 e. The minimum Gasteiger partial charge on any atom is -0.468 e. The number of fused-ring (bicyclic) bond motifs is 1. The van der Waals surface area contributed by atoms with Crippen LogP contribution in [0.1, 0.15) is 56.7 Å². The lowest BCUT2D eigenvalue weighted by Crippen LogP contribution is -2.53. The Balaban J connectivity index is 1.46. The van der Waals surface area contributed by atoms with Crippen molar-refractivity contribution in [1.29, 1.82) is 5.26 Å². The number of amides is 1. The summed E-state index contributed by atoms with van der Waals surface area (Å²) in [6.07, 6.45) is 6.73. The van der Waals surface area contributed by atoms with E-state index in [0.717, 1.165) is 75.5 Å². The SMILES string of the molecule is CCn1c(CC[C@@H]2CCCN2C(=O)C2CCCCN2CC(=O)OC)cc2ccc(C#N)cc21. The lowest BCUT2D eigenvalue weighted by atomic mass is 9.99. The van der Waals surface area contributed by atoms with Gasteiger partial charge in [0.1, 0.15) is 0 Å². The second kappa shape index (κ2) is 10.4. The van der Waals surface area contributed by atoms with E-state index in [0.29, 0.717) is 5.56 Å². The number of piperidine rings is 1. The van der Waals surface area contributed by atoms with Gasteiger partial charge in [0.05, 0.1) is 31.3 Å². The molecule has 4 rings (SSSR count). The van der Waals surface area contributed by atoms with Crippen LogP contribution >= 0.6 is 0 Å². The molecule has 2 aliphatic heterocycles. The monoisotopic (exact) mass is 450 g/mol. The highest BCUT2D eigenvalue weighted by Crippen LogP contribution is 2.28. The number of nitriles is 1. The number of aromatic nitrogens is 1. The predicted octanol–water partition coefficient (Wildman–Crippen LogP) is 3.48. The Morgan fingerprint density at radius 3 is 2.76 bits per heavy atom. The van der Waals surface area contributed by atoms with Gasteiger partial charge in [-0.25, -0.2) is 0 Å². The van der Waals surface area contributed by atoms with Crippen LogP contribution in [0.2, 0.25) is 0 Å². The van der Waals surface area contributed by atoms with Gasteiger partial charge in [0.25, 0.3) is 0 Å². The molecular formula is C26H34N4O3. The topological polar surface area (TPSA) is 78.6 Å². The molecule has 7 nitrogen and oxygen atoms in total. The standard InChI is InChI=1S/C26H34N4O3/c1-3-29-22(16-20-10-9-19(17-27)15-24(20)29)12-11-21-7-6-14-30(21)26(32)23-8-4-5-13-28(23)18-25(31)33-2/h9-10,15-16,21,23H,3-8,11-14,18H2,1-2H3/t21-,23?/m0/s1. The van der Waals surface area contributed by atoms with Crippen molar-refractivity contribution in [3.05, 3.63) is 35.5 Å². The molecule has 0 bridgehead atoms. The van der Waals surface area contributed by atoms with Gasteiger partial charge in [-0.15, -0.1) is 0 Å². The van der Waals surface area contributed by atoms with Gasteiger partial charge in [0.15, 0.2) is 0 Å². The molecule has 1 aromatic carbocycles. The number of carbonyl (C=O) groups excluding carboxylic acids is 2. The van der Waals surface area contributed by atoms with Crippen LogP contribution in [0.15, 0.2) is 24.3 Å². The van der Waals surface area contributed by atoms with Crippen molar-refractivity contribution in [3.8, 4) is 6.07 Å². The molecule has 7 heteroatoms. The van der Waals surface area contributed by atoms with Crippen LogP contribution in [0.25, 0.3) is 10.9 Å². The number of methoxy groups -OCH3 is 1. The van der Waals surface area contributed by atoms with Crippen molar-refractivity contribution in [1.82, 2.24) is 14.4 Å². The molecule has 0 saturated carbocycles. The van der Waals surface area contributed by atoms with Crippen molar-refractivity contribution < 1.29 is 14.3 Å². The summed E-state index contributed by atoms with van der Waals surface area (Å²) in [7, 11) is 1.40. The number of ether oxygens (including phenoxy) is 1. The molecule has 176 valence electrons. The van der Waals surface area contributed by atoms with Crippen LogP contribution in [-0.2, 0) is 27.3 Å². The van der Waals surface area contributed by atoms with Gasteiger partial charge < -0.3 is 14.2 Å². The van der Waals surface area contributed by atoms with Crippen molar-refractivity contribution in [3.63, 3.8) is 0 Å². The highest BCUT2D eigenvalue weighted by Gasteiger charge is 2.37. The second-order valence-electron chi connectivity index (χ2n) is 9.19. The summed E-state index contributed by atoms with van der Waals surface area (Å²) in [5, 5.41) is 10.4. The molecular weight excluding hydrogens is 416 g/mol. The molecule has 2 aliphatic rings. The van der Waals surface area contributed by atoms with E-state index < -0.39 is 0 Å². The normalized spacial score (nSPS) is 21.3. The Kier molecular flexibility index (Phi) is 7.34. The fraction of sp³-hybridized carbons (Fsp3) is 0.577. The maximum Gasteiger partial charge on any atom is 0.319 e. The van der Waals surface area contributed by atoms with E-state index >= 15 is 0 Å². The molecule has 2 fully saturated rings. The van der Waals surface area contributed by atoms with E-state index in [1.54, 1.807) is 0 Å². The van der Waals surface area contributed by atoms with Gasteiger partial charge in [-0.3, -0.25) is 14.5 Å². The molecule has 1 aromatic heterocycles. The Labute approximate surface area is 195 Å². The van der Waals surface area contributed by atoms with E-state index in [1.165, 1.54) is 12.8 Å². The van der Waals surface area contributed by atoms with E-state index in [2.05, 4.69) is 28.5 Å². The van der Waals surface area contributed by atoms with Crippen molar-refractivity contribution in [2.45, 2.75) is 70.5 Å². The van der Waals surface area contributed by atoms with E-state index in [9.17, 15) is 14.9 Å². The van der Waals surface area contributed by atoms with Gasteiger partial charge in [0, 0.05) is 30.3 Å². The summed E-state index contributed by atoms with van der Waals surface area (Å²) < 4.78 is 7.14. The molecule has 1 unspecified atom stereocenters. The first kappa shape index (κ1) is 23.3. The summed E-state index contributed by atoms with van der Waals surface area (Å²) in [6.45, 7) is 4.74. The molecule has 3 heterocycles. The van der Waals surface area contributed by atoms with Gasteiger partial charge in [0.2, 0.25) is 5.91 Å². The molecule has 0 radical (unpaired) electrons. The van der Waals surface area contributed by atoms with Crippen LogP contribution < -0.4 is 0 Å². The van der Waals surface area contributed by atoms with E-state index in [1.807, 2.05) is 23.1 Å². The Morgan fingerprint density at radius 2 is 2.00 bits per heavy atom. The van der Waals surface area contributed by atoms with Gasteiger partial charge >= 0.3 is 5.97 Å². The third-order valence-electron chi connectivity index (χ3n) is 7.29. The Bertz CT molecular complexity index is 1050. The second-order valence-corrected chi connectivity index (χ2v) is 9.19. The molecule has 2 atom stereocenters. The first-order chi connectivity index (χ1) is 16.0. The predicted molar refractivity (Wildman–Crippen MR) is 127 cm³/mol. The number of carbonyl (C=O) groups is 2. The van der Waals surface area contributed by atoms with Crippen LogP contribution in [0, 0.1) is 11.3 Å². The number of esters is 1. The van der Waals surface area contributed by atoms with Crippen LogP contribution in [0.4, 0.5) is 0 Å². The van der Waals surface area contributed by atoms with Crippen LogP contribution in [0.5, 0.6) is 0 Å². The zero-order chi connectivity index (χ0) is 23.4. The first-order valence-corrected chi connectivity index (χ1v) is 12.2. The average Bonchev–Trinajstić information content (AvgIpc) is 3.45. The number of benzene rings is 1. The zero-order valence-corrected chi connectivity index (χ0v) is 19.8. The average molecular weight is 451 g/mol. The summed E-state index contributed by atoms with van der Waals surface area (Å²) >= 11 is 0. The highest BCUT2D eigenvalue weighted by atomic mass is 16.5. The van der Waals surface area contributed by atoms with Crippen molar-refractivity contribution in [2.75, 3.05) is 26.7 Å². The number of likely N-dealkylation sites (tertiary alicyclic amines) is 2. The quantitative estimate of drug-likeness (QED) is 0.604. The smallest absolute Gasteiger partial charge is 0.319 e. The summed E-state index contributed by atoms with van der Waals surface area (Å²) in [6, 6.07) is 10.3. The number of rotatable bonds is 7. The van der Waals surface area contributed by atoms with Crippen molar-refractivity contribution in [2.24, 2.45) is 0 Å². The molecule has 33 heavy (non-hydrogen) atoms. The molecule has 0 spiro atoms. The summed E-state index contributed by atoms with van der Waals surface area (Å²) in [5.74, 6) is -0.101. The fourth-order valence-corrected chi connectivity index (χ4v) is 5.58. The third kappa shape index (κ3) is 4.91. The molecule has 2 aromatic rings. The molecule has 1 amide bonds. The highest BCUT2D eigenvalue weighted by molar-refractivity contribution is 5.84. The number of aryl methyl sites for hydroxylation is 2. The molecule has 2 saturated heterocycles. The molecule has 0 aliphatic carbocycles. The summed E-state index contributed by atoms with van der Waals surface area (Å²) in [5.41, 5.74) is 3.04. The van der Waals surface area contributed by atoms with Gasteiger partial charge in [-0.2, -0.15) is 5.26 Å². The maximum absolute atomic E-state index is 13.5. The Morgan fingerprint density at radius 1 is 1.15 bits per heavy atom. The maximum atomic E-state index is 13.5.